The quantitative estimate of drug-likeness (QED) is 0.567. The third-order valence-corrected chi connectivity index (χ3v) is 6.20. The fourth-order valence-corrected chi connectivity index (χ4v) is 3.91. The van der Waals surface area contributed by atoms with Crippen LogP contribution in [-0.2, 0) is 24.1 Å². The summed E-state index contributed by atoms with van der Waals surface area (Å²) < 4.78 is 59.5. The van der Waals surface area contributed by atoms with Crippen LogP contribution in [-0.4, -0.2) is 20.7 Å². The summed E-state index contributed by atoms with van der Waals surface area (Å²) >= 11 is -1.37. The fourth-order valence-electron chi connectivity index (χ4n) is 2.64. The second-order valence-electron chi connectivity index (χ2n) is 7.65. The van der Waals surface area contributed by atoms with Gasteiger partial charge in [0.05, 0.1) is 11.6 Å². The summed E-state index contributed by atoms with van der Waals surface area (Å²) in [7, 11) is 1.65. The predicted octanol–water partition coefficient (Wildman–Crippen LogP) is 5.74. The third-order valence-electron chi connectivity index (χ3n) is 4.32. The second-order valence-corrected chi connectivity index (χ2v) is 9.95. The van der Waals surface area contributed by atoms with Gasteiger partial charge in [-0.15, -0.1) is 4.31 Å². The van der Waals surface area contributed by atoms with Crippen LogP contribution in [0.15, 0.2) is 48.5 Å². The minimum atomic E-state index is -4.50. The SMILES string of the molecule is CC(c1cc(OCc2ccccc2)cc(C(F)(F)F)c1)N(C)[S@+]([O-])C(C)(C)C. The van der Waals surface area contributed by atoms with Crippen LogP contribution in [0.4, 0.5) is 13.2 Å². The highest BCUT2D eigenvalue weighted by Crippen LogP contribution is 2.36. The van der Waals surface area contributed by atoms with Gasteiger partial charge in [-0.05, 0) is 57.0 Å². The maximum atomic E-state index is 13.4. The molecule has 0 spiro atoms. The molecule has 2 aromatic rings. The van der Waals surface area contributed by atoms with Crippen LogP contribution in [0.2, 0.25) is 0 Å². The van der Waals surface area contributed by atoms with Gasteiger partial charge in [-0.25, -0.2) is 0 Å². The first-order valence-corrected chi connectivity index (χ1v) is 10.0. The molecule has 28 heavy (non-hydrogen) atoms. The Balaban J connectivity index is 2.32. The van der Waals surface area contributed by atoms with Gasteiger partial charge >= 0.3 is 6.18 Å². The summed E-state index contributed by atoms with van der Waals surface area (Å²) in [6.45, 7) is 7.38. The lowest BCUT2D eigenvalue weighted by molar-refractivity contribution is -0.137. The van der Waals surface area contributed by atoms with Crippen LogP contribution in [0.3, 0.4) is 0 Å². The highest BCUT2D eigenvalue weighted by Gasteiger charge is 2.36. The number of ether oxygens (including phenoxy) is 1. The van der Waals surface area contributed by atoms with Crippen molar-refractivity contribution in [2.75, 3.05) is 7.05 Å². The van der Waals surface area contributed by atoms with Gasteiger partial charge in [-0.2, -0.15) is 13.2 Å². The first kappa shape index (κ1) is 22.6. The van der Waals surface area contributed by atoms with Crippen molar-refractivity contribution in [3.05, 3.63) is 65.2 Å². The lowest BCUT2D eigenvalue weighted by atomic mass is 10.0. The van der Waals surface area contributed by atoms with Crippen molar-refractivity contribution in [2.24, 2.45) is 0 Å². The maximum Gasteiger partial charge on any atom is 0.416 e. The van der Waals surface area contributed by atoms with Gasteiger partial charge in [0.15, 0.2) is 0 Å². The third kappa shape index (κ3) is 5.90. The fraction of sp³-hybridized carbons (Fsp3) is 0.429. The number of alkyl halides is 3. The Hall–Kier alpha value is -1.70. The lowest BCUT2D eigenvalue weighted by Gasteiger charge is -2.34. The minimum absolute atomic E-state index is 0.135. The van der Waals surface area contributed by atoms with Gasteiger partial charge < -0.3 is 9.29 Å². The topological polar surface area (TPSA) is 35.5 Å². The summed E-state index contributed by atoms with van der Waals surface area (Å²) in [4.78, 5) is 0. The molecule has 0 aliphatic carbocycles. The molecule has 0 bridgehead atoms. The zero-order chi connectivity index (χ0) is 21.1. The van der Waals surface area contributed by atoms with Crippen molar-refractivity contribution in [3.8, 4) is 5.75 Å². The average molecular weight is 414 g/mol. The molecular formula is C21H26F3NO2S. The van der Waals surface area contributed by atoms with E-state index >= 15 is 0 Å². The summed E-state index contributed by atoms with van der Waals surface area (Å²) in [5, 5.41) is 0. The first-order valence-electron chi connectivity index (χ1n) is 8.93. The van der Waals surface area contributed by atoms with Crippen molar-refractivity contribution >= 4 is 11.4 Å². The summed E-state index contributed by atoms with van der Waals surface area (Å²) in [5.74, 6) is 0.135. The lowest BCUT2D eigenvalue weighted by Crippen LogP contribution is -2.41. The Kier molecular flexibility index (Phi) is 7.07. The summed E-state index contributed by atoms with van der Waals surface area (Å²) in [6.07, 6.45) is -4.50. The van der Waals surface area contributed by atoms with Gasteiger partial charge in [0, 0.05) is 18.4 Å². The van der Waals surface area contributed by atoms with Gasteiger partial charge in [-0.3, -0.25) is 0 Å². The Labute approximate surface area is 167 Å². The Morgan fingerprint density at radius 2 is 1.68 bits per heavy atom. The largest absolute Gasteiger partial charge is 0.597 e. The molecule has 0 saturated heterocycles. The van der Waals surface area contributed by atoms with Gasteiger partial charge in [0.2, 0.25) is 0 Å². The van der Waals surface area contributed by atoms with E-state index in [0.717, 1.165) is 17.7 Å². The van der Waals surface area contributed by atoms with E-state index in [4.69, 9.17) is 4.74 Å². The molecule has 0 saturated carbocycles. The summed E-state index contributed by atoms with van der Waals surface area (Å²) in [5.41, 5.74) is 0.480. The highest BCUT2D eigenvalue weighted by molar-refractivity contribution is 7.90. The monoisotopic (exact) mass is 413 g/mol. The zero-order valence-electron chi connectivity index (χ0n) is 16.7. The Morgan fingerprint density at radius 1 is 1.07 bits per heavy atom. The number of rotatable bonds is 6. The van der Waals surface area contributed by atoms with Crippen molar-refractivity contribution in [2.45, 2.75) is 51.3 Å². The van der Waals surface area contributed by atoms with Crippen molar-refractivity contribution in [1.29, 1.82) is 0 Å². The molecule has 0 amide bonds. The van der Waals surface area contributed by atoms with Crippen molar-refractivity contribution in [1.82, 2.24) is 4.31 Å². The van der Waals surface area contributed by atoms with E-state index in [0.29, 0.717) is 5.56 Å². The molecule has 0 heterocycles. The number of nitrogens with zero attached hydrogens (tertiary/aromatic N) is 1. The smallest absolute Gasteiger partial charge is 0.416 e. The standard InChI is InChI=1S/C21H26F3NO2S/c1-15(25(5)28(26)20(2,3)4)17-11-18(21(22,23)24)13-19(12-17)27-14-16-9-7-6-8-10-16/h6-13,15H,14H2,1-5H3/t15?,28-/m1/s1. The minimum Gasteiger partial charge on any atom is -0.597 e. The maximum absolute atomic E-state index is 13.4. The van der Waals surface area contributed by atoms with Gasteiger partial charge in [0.1, 0.15) is 17.1 Å². The van der Waals surface area contributed by atoms with Crippen molar-refractivity contribution in [3.63, 3.8) is 0 Å². The van der Waals surface area contributed by atoms with Gasteiger partial charge in [0.25, 0.3) is 0 Å². The Bertz CT molecular complexity index is 775. The first-order chi connectivity index (χ1) is 12.9. The van der Waals surface area contributed by atoms with Crippen LogP contribution < -0.4 is 4.74 Å². The number of benzene rings is 2. The molecular weight excluding hydrogens is 387 g/mol. The molecule has 2 atom stereocenters. The molecule has 2 rings (SSSR count). The van der Waals surface area contributed by atoms with Crippen LogP contribution in [0.1, 0.15) is 50.4 Å². The predicted molar refractivity (Wildman–Crippen MR) is 106 cm³/mol. The Morgan fingerprint density at radius 3 is 2.21 bits per heavy atom. The zero-order valence-corrected chi connectivity index (χ0v) is 17.5. The van der Waals surface area contributed by atoms with Crippen LogP contribution in [0.25, 0.3) is 0 Å². The summed E-state index contributed by atoms with van der Waals surface area (Å²) in [6, 6.07) is 12.4. The second kappa shape index (κ2) is 8.76. The molecule has 7 heteroatoms. The molecule has 154 valence electrons. The van der Waals surface area contributed by atoms with Crippen LogP contribution in [0, 0.1) is 0 Å². The van der Waals surface area contributed by atoms with E-state index in [1.807, 2.05) is 51.1 Å². The highest BCUT2D eigenvalue weighted by atomic mass is 32.2. The van der Waals surface area contributed by atoms with Crippen LogP contribution in [0.5, 0.6) is 5.75 Å². The van der Waals surface area contributed by atoms with Crippen LogP contribution >= 0.6 is 0 Å². The van der Waals surface area contributed by atoms with E-state index in [-0.39, 0.29) is 12.4 Å². The number of hydrogen-bond acceptors (Lipinski definition) is 3. The normalized spacial score (nSPS) is 14.8. The van der Waals surface area contributed by atoms with E-state index in [9.17, 15) is 17.7 Å². The van der Waals surface area contributed by atoms with Gasteiger partial charge in [-0.1, -0.05) is 30.3 Å². The van der Waals surface area contributed by atoms with E-state index in [2.05, 4.69) is 0 Å². The molecule has 0 N–H and O–H groups in total. The molecule has 0 aliphatic rings. The molecule has 0 fully saturated rings. The van der Waals surface area contributed by atoms with E-state index < -0.39 is 33.9 Å². The van der Waals surface area contributed by atoms with E-state index in [1.165, 1.54) is 0 Å². The molecule has 0 aromatic heterocycles. The molecule has 1 unspecified atom stereocenters. The van der Waals surface area contributed by atoms with Crippen molar-refractivity contribution < 1.29 is 22.5 Å². The van der Waals surface area contributed by atoms with E-state index in [1.54, 1.807) is 24.3 Å². The average Bonchev–Trinajstić information content (AvgIpc) is 2.63. The molecule has 0 radical (unpaired) electrons. The molecule has 2 aromatic carbocycles. The number of hydrogen-bond donors (Lipinski definition) is 0. The molecule has 3 nitrogen and oxygen atoms in total. The molecule has 0 aliphatic heterocycles. The number of halogens is 3.